The number of carbonyl (C=O) groups excluding carboxylic acids is 1. The summed E-state index contributed by atoms with van der Waals surface area (Å²) in [6, 6.07) is 9.64. The van der Waals surface area contributed by atoms with Gasteiger partial charge in [0.2, 0.25) is 5.69 Å². The molecular formula is C32H37N3O4. The molecular weight excluding hydrogens is 490 g/mol. The van der Waals surface area contributed by atoms with Crippen molar-refractivity contribution >= 4 is 5.97 Å². The van der Waals surface area contributed by atoms with E-state index in [-0.39, 0.29) is 41.7 Å². The molecule has 1 aliphatic heterocycles. The average molecular weight is 528 g/mol. The minimum Gasteiger partial charge on any atom is -0.483 e. The Morgan fingerprint density at radius 2 is 2.00 bits per heavy atom. The van der Waals surface area contributed by atoms with Crippen LogP contribution in [0.25, 0.3) is 0 Å². The quantitative estimate of drug-likeness (QED) is 0.296. The summed E-state index contributed by atoms with van der Waals surface area (Å²) in [6.45, 7) is 8.78. The monoisotopic (exact) mass is 527 g/mol. The number of allylic oxidation sites excluding steroid dienone is 3. The van der Waals surface area contributed by atoms with Crippen molar-refractivity contribution in [1.29, 1.82) is 0 Å². The summed E-state index contributed by atoms with van der Waals surface area (Å²) in [5.74, 6) is -0.373. The molecule has 0 N–H and O–H groups in total. The van der Waals surface area contributed by atoms with E-state index in [9.17, 15) is 9.59 Å². The van der Waals surface area contributed by atoms with E-state index in [1.54, 1.807) is 17.8 Å². The average Bonchev–Trinajstić information content (AvgIpc) is 3.54. The molecule has 0 spiro atoms. The van der Waals surface area contributed by atoms with Crippen LogP contribution < -0.4 is 10.2 Å². The number of fused-ring (bicyclic) bond motifs is 1. The standard InChI is InChI=1S/C32H37N3O4/c1-4-11-24-14-18-31(3)26(20-24)15-19-35(31)32(16-9-10-17-32)23-34-21-27(39-22-25-12-7-6-8-13-25)29(36)28(33-34)30(37)38-5-2/h4,6-8,12-15,18-21,26H,1,5,9-11,16-17,22-23H2,2-3H3. The van der Waals surface area contributed by atoms with E-state index >= 15 is 0 Å². The lowest BCUT2D eigenvalue weighted by Gasteiger charge is -2.50. The van der Waals surface area contributed by atoms with Crippen molar-refractivity contribution in [3.05, 3.63) is 107 Å². The predicted octanol–water partition coefficient (Wildman–Crippen LogP) is 5.59. The summed E-state index contributed by atoms with van der Waals surface area (Å²) in [7, 11) is 0. The number of hydrogen-bond acceptors (Lipinski definition) is 6. The van der Waals surface area contributed by atoms with Crippen LogP contribution in [0.2, 0.25) is 0 Å². The number of esters is 1. The van der Waals surface area contributed by atoms with Crippen molar-refractivity contribution in [2.45, 2.75) is 70.2 Å². The lowest BCUT2D eigenvalue weighted by atomic mass is 9.78. The number of nitrogens with zero attached hydrogens (tertiary/aromatic N) is 3. The number of benzene rings is 1. The number of aromatic nitrogens is 2. The molecule has 1 aromatic carbocycles. The van der Waals surface area contributed by atoms with Crippen LogP contribution in [0.4, 0.5) is 0 Å². The molecule has 0 radical (unpaired) electrons. The molecule has 1 aromatic heterocycles. The van der Waals surface area contributed by atoms with Crippen LogP contribution in [-0.2, 0) is 17.9 Å². The summed E-state index contributed by atoms with van der Waals surface area (Å²) < 4.78 is 12.9. The second-order valence-corrected chi connectivity index (χ2v) is 10.8. The van der Waals surface area contributed by atoms with Crippen LogP contribution in [0.1, 0.15) is 62.0 Å². The number of carbonyl (C=O) groups is 1. The summed E-state index contributed by atoms with van der Waals surface area (Å²) >= 11 is 0. The maximum Gasteiger partial charge on any atom is 0.363 e. The summed E-state index contributed by atoms with van der Waals surface area (Å²) in [6.07, 6.45) is 20.0. The molecule has 2 atom stereocenters. The zero-order chi connectivity index (χ0) is 27.5. The van der Waals surface area contributed by atoms with Crippen molar-refractivity contribution in [2.24, 2.45) is 5.92 Å². The molecule has 0 saturated heterocycles. The first-order chi connectivity index (χ1) is 18.9. The molecule has 2 heterocycles. The fourth-order valence-corrected chi connectivity index (χ4v) is 6.22. The van der Waals surface area contributed by atoms with Gasteiger partial charge in [-0.15, -0.1) is 6.58 Å². The van der Waals surface area contributed by atoms with Crippen LogP contribution in [-0.4, -0.2) is 38.3 Å². The number of ether oxygens (including phenoxy) is 2. The first kappa shape index (κ1) is 26.7. The maximum absolute atomic E-state index is 13.2. The Morgan fingerprint density at radius 3 is 2.72 bits per heavy atom. The molecule has 3 aliphatic rings. The van der Waals surface area contributed by atoms with Gasteiger partial charge in [-0.05, 0) is 50.4 Å². The van der Waals surface area contributed by atoms with Crippen LogP contribution in [0.3, 0.4) is 0 Å². The highest BCUT2D eigenvalue weighted by Gasteiger charge is 2.51. The molecule has 2 aromatic rings. The Balaban J connectivity index is 1.48. The number of rotatable bonds is 10. The highest BCUT2D eigenvalue weighted by molar-refractivity contribution is 5.87. The highest BCUT2D eigenvalue weighted by Crippen LogP contribution is 2.48. The molecule has 2 unspecified atom stereocenters. The molecule has 5 rings (SSSR count). The van der Waals surface area contributed by atoms with Crippen LogP contribution in [0.5, 0.6) is 5.75 Å². The zero-order valence-electron chi connectivity index (χ0n) is 22.8. The van der Waals surface area contributed by atoms with Crippen molar-refractivity contribution in [1.82, 2.24) is 14.7 Å². The minimum atomic E-state index is -0.731. The summed E-state index contributed by atoms with van der Waals surface area (Å²) in [5, 5.41) is 4.51. The maximum atomic E-state index is 13.2. The Bertz CT molecular complexity index is 1370. The van der Waals surface area contributed by atoms with Gasteiger partial charge in [-0.3, -0.25) is 9.48 Å². The second-order valence-electron chi connectivity index (χ2n) is 10.8. The van der Waals surface area contributed by atoms with E-state index in [2.05, 4.69) is 54.0 Å². The van der Waals surface area contributed by atoms with Gasteiger partial charge in [0.1, 0.15) is 6.61 Å². The predicted molar refractivity (Wildman–Crippen MR) is 151 cm³/mol. The van der Waals surface area contributed by atoms with E-state index in [0.717, 1.165) is 37.7 Å². The van der Waals surface area contributed by atoms with Gasteiger partial charge in [0.25, 0.3) is 5.43 Å². The fourth-order valence-electron chi connectivity index (χ4n) is 6.22. The van der Waals surface area contributed by atoms with Gasteiger partial charge < -0.3 is 14.4 Å². The Morgan fingerprint density at radius 1 is 1.23 bits per heavy atom. The van der Waals surface area contributed by atoms with Crippen molar-refractivity contribution in [3.63, 3.8) is 0 Å². The molecule has 2 aliphatic carbocycles. The Hall–Kier alpha value is -3.87. The molecule has 7 nitrogen and oxygen atoms in total. The number of hydrogen-bond donors (Lipinski definition) is 0. The third kappa shape index (κ3) is 5.22. The second kappa shape index (κ2) is 11.1. The lowest BCUT2D eigenvalue weighted by Crippen LogP contribution is -2.57. The van der Waals surface area contributed by atoms with Gasteiger partial charge in [-0.25, -0.2) is 4.79 Å². The van der Waals surface area contributed by atoms with Gasteiger partial charge in [0.15, 0.2) is 5.75 Å². The van der Waals surface area contributed by atoms with E-state index in [0.29, 0.717) is 6.54 Å². The van der Waals surface area contributed by atoms with Crippen LogP contribution >= 0.6 is 0 Å². The van der Waals surface area contributed by atoms with Gasteiger partial charge in [-0.1, -0.05) is 73.6 Å². The molecule has 204 valence electrons. The van der Waals surface area contributed by atoms with Crippen molar-refractivity contribution in [3.8, 4) is 5.75 Å². The van der Waals surface area contributed by atoms with Gasteiger partial charge in [0, 0.05) is 5.92 Å². The SMILES string of the molecule is C=CCC1=CC2C=CN(C3(Cn4cc(OCc5ccccc5)c(=O)c(C(=O)OCC)n4)CCCC3)C2(C)C=C1. The van der Waals surface area contributed by atoms with E-state index in [1.807, 2.05) is 36.4 Å². The first-order valence-corrected chi connectivity index (χ1v) is 13.8. The fraction of sp³-hybridized carbons (Fsp3) is 0.406. The molecule has 1 fully saturated rings. The molecule has 0 amide bonds. The van der Waals surface area contributed by atoms with Crippen molar-refractivity contribution in [2.75, 3.05) is 6.61 Å². The van der Waals surface area contributed by atoms with Gasteiger partial charge in [-0.2, -0.15) is 5.10 Å². The topological polar surface area (TPSA) is 73.7 Å². The smallest absolute Gasteiger partial charge is 0.363 e. The Kier molecular flexibility index (Phi) is 7.60. The molecule has 1 saturated carbocycles. The molecule has 7 heteroatoms. The van der Waals surface area contributed by atoms with Gasteiger partial charge >= 0.3 is 5.97 Å². The zero-order valence-corrected chi connectivity index (χ0v) is 22.8. The van der Waals surface area contributed by atoms with E-state index in [4.69, 9.17) is 9.47 Å². The van der Waals surface area contributed by atoms with Gasteiger partial charge in [0.05, 0.1) is 30.4 Å². The van der Waals surface area contributed by atoms with E-state index < -0.39 is 11.4 Å². The van der Waals surface area contributed by atoms with Crippen molar-refractivity contribution < 1.29 is 14.3 Å². The molecule has 39 heavy (non-hydrogen) atoms. The normalized spacial score (nSPS) is 22.9. The Labute approximate surface area is 230 Å². The van der Waals surface area contributed by atoms with Crippen LogP contribution in [0.15, 0.2) is 90.1 Å². The summed E-state index contributed by atoms with van der Waals surface area (Å²) in [4.78, 5) is 28.4. The molecule has 0 bridgehead atoms. The lowest BCUT2D eigenvalue weighted by molar-refractivity contribution is 0.0451. The summed E-state index contributed by atoms with van der Waals surface area (Å²) in [5.41, 5.74) is 0.986. The minimum absolute atomic E-state index is 0.0978. The third-order valence-corrected chi connectivity index (χ3v) is 8.19. The van der Waals surface area contributed by atoms with E-state index in [1.165, 1.54) is 5.57 Å². The first-order valence-electron chi connectivity index (χ1n) is 13.8. The van der Waals surface area contributed by atoms with Crippen LogP contribution in [0, 0.1) is 5.92 Å². The largest absolute Gasteiger partial charge is 0.483 e. The third-order valence-electron chi connectivity index (χ3n) is 8.19. The highest BCUT2D eigenvalue weighted by atomic mass is 16.5.